The van der Waals surface area contributed by atoms with Crippen molar-refractivity contribution < 1.29 is 66.3 Å². The number of aromatic amines is 6. The fourth-order valence-electron chi connectivity index (χ4n) is 9.31. The maximum absolute atomic E-state index is 9.93. The van der Waals surface area contributed by atoms with E-state index in [1.165, 1.54) is 70.5 Å². The van der Waals surface area contributed by atoms with Crippen molar-refractivity contribution in [3.05, 3.63) is 180 Å². The van der Waals surface area contributed by atoms with Crippen LogP contribution in [0, 0.1) is 0 Å². The molecule has 0 radical (unpaired) electrons. The van der Waals surface area contributed by atoms with E-state index in [0.29, 0.717) is 63.1 Å². The molecule has 6 aromatic heterocycles. The van der Waals surface area contributed by atoms with E-state index in [1.807, 2.05) is 30.6 Å². The Hall–Kier alpha value is -8.88. The molecule has 12 N–H and O–H groups in total. The molecule has 6 aromatic carbocycles. The third kappa shape index (κ3) is 19.1. The van der Waals surface area contributed by atoms with E-state index in [-0.39, 0.29) is 68.4 Å². The highest BCUT2D eigenvalue weighted by molar-refractivity contribution is 5.92. The second-order valence-electron chi connectivity index (χ2n) is 21.0. The molecule has 0 atom stereocenters. The highest BCUT2D eigenvalue weighted by Crippen LogP contribution is 2.33. The van der Waals surface area contributed by atoms with Crippen LogP contribution in [-0.2, 0) is 38.4 Å². The van der Waals surface area contributed by atoms with Gasteiger partial charge in [-0.1, -0.05) is 36.4 Å². The van der Waals surface area contributed by atoms with Crippen molar-refractivity contribution in [2.45, 2.75) is 38.4 Å². The summed E-state index contributed by atoms with van der Waals surface area (Å²) in [7, 11) is 11.5. The van der Waals surface area contributed by atoms with Gasteiger partial charge in [0.2, 0.25) is 0 Å². The fourth-order valence-corrected chi connectivity index (χ4v) is 9.31. The van der Waals surface area contributed by atoms with Gasteiger partial charge >= 0.3 is 0 Å². The van der Waals surface area contributed by atoms with E-state index >= 15 is 0 Å². The third-order valence-corrected chi connectivity index (χ3v) is 13.5. The number of nitrogens with zero attached hydrogens (tertiary/aromatic N) is 6. The molecule has 12 rings (SSSR count). The molecule has 6 heterocycles. The van der Waals surface area contributed by atoms with Gasteiger partial charge in [0.15, 0.2) is 0 Å². The van der Waals surface area contributed by atoms with Gasteiger partial charge in [0.25, 0.3) is 0 Å². The first-order chi connectivity index (χ1) is 53.2. The predicted octanol–water partition coefficient (Wildman–Crippen LogP) is 11.9. The van der Waals surface area contributed by atoms with Crippen LogP contribution in [0.25, 0.3) is 65.4 Å². The molecule has 0 aliphatic heterocycles. The van der Waals surface area contributed by atoms with E-state index in [2.05, 4.69) is 29.9 Å². The second-order valence-corrected chi connectivity index (χ2v) is 21.0. The Kier molecular flexibility index (Phi) is 15.0. The molecule has 90 heavy (non-hydrogen) atoms. The molecule has 0 spiro atoms. The average Bonchev–Trinajstić information content (AvgIpc) is 1.42. The van der Waals surface area contributed by atoms with Crippen LogP contribution in [0.5, 0.6) is 34.5 Å². The first kappa shape index (κ1) is 40.7. The number of fused-ring (bicyclic) bond motifs is 6. The summed E-state index contributed by atoms with van der Waals surface area (Å²) >= 11 is 0. The SMILES string of the molecule is [2H]C([2H])(Cc1c[nH]c2cccc(O)c12)N(C)C.[2H]C([2H])([2H])N(C)C([2H])([2H])C([2H])([2H])c1c[nH]c2cccc(O)c12.[2H]C([2H])([2H])N(C)C([2H])([2H])C([2H])([2H])c1c[nH]c2cccc(O)c12.[2H]C([2H])([2H])N(C)CCc1c[nH]c2cccc(O)c12.[2H]C([2H])([2H])N(C)CCc1c[nH]c2cccc(O)c12.[2H]C([2H])(c1c[nH]c2cccc(O)c12)C([2H])([2H])N(C)C. The normalized spacial score (nSPS) is 17.4. The summed E-state index contributed by atoms with van der Waals surface area (Å²) in [5.74, 6) is 0.163. The molecule has 0 saturated carbocycles. The predicted molar refractivity (Wildman–Crippen MR) is 373 cm³/mol. The van der Waals surface area contributed by atoms with Crippen molar-refractivity contribution in [3.8, 4) is 34.5 Å². The Morgan fingerprint density at radius 3 is 0.756 bits per heavy atom. The first-order valence-corrected chi connectivity index (χ1v) is 28.2. The highest BCUT2D eigenvalue weighted by atomic mass is 16.3. The molecule has 12 aromatic rings. The molecule has 0 aliphatic rings. The summed E-state index contributed by atoms with van der Waals surface area (Å²) in [6.07, 6.45) is 3.06. The van der Waals surface area contributed by atoms with Crippen LogP contribution >= 0.6 is 0 Å². The minimum Gasteiger partial charge on any atom is -0.507 e. The zero-order valence-electron chi connectivity index (χ0n) is 77.3. The molecule has 480 valence electrons. The van der Waals surface area contributed by atoms with Crippen molar-refractivity contribution in [1.29, 1.82) is 0 Å². The lowest BCUT2D eigenvalue weighted by atomic mass is 10.1. The number of aromatic nitrogens is 6. The van der Waals surface area contributed by atoms with Gasteiger partial charge in [-0.15, -0.1) is 0 Å². The van der Waals surface area contributed by atoms with E-state index in [4.69, 9.17) is 35.6 Å². The van der Waals surface area contributed by atoms with Crippen molar-refractivity contribution in [3.63, 3.8) is 0 Å². The number of phenolic OH excluding ortho intramolecular Hbond substituents is 6. The first-order valence-electron chi connectivity index (χ1n) is 41.2. The van der Waals surface area contributed by atoms with Gasteiger partial charge in [0, 0.05) is 177 Å². The summed E-state index contributed by atoms with van der Waals surface area (Å²) in [6, 6.07) is 29.7. The Morgan fingerprint density at radius 2 is 0.511 bits per heavy atom. The van der Waals surface area contributed by atoms with Gasteiger partial charge in [-0.25, -0.2) is 0 Å². The van der Waals surface area contributed by atoms with Crippen LogP contribution in [0.4, 0.5) is 0 Å². The molecule has 0 fully saturated rings. The lowest BCUT2D eigenvalue weighted by Crippen LogP contribution is -2.14. The minimum absolute atomic E-state index is 0.0628. The zero-order chi connectivity index (χ0) is 87.6. The molecule has 0 amide bonds. The molecular weight excluding hydrogens is 1130 g/mol. The lowest BCUT2D eigenvalue weighted by molar-refractivity contribution is 0.414. The van der Waals surface area contributed by atoms with E-state index in [1.54, 1.807) is 107 Å². The van der Waals surface area contributed by atoms with Gasteiger partial charge < -0.3 is 89.9 Å². The van der Waals surface area contributed by atoms with Crippen molar-refractivity contribution in [2.75, 3.05) is 123 Å². The van der Waals surface area contributed by atoms with Crippen molar-refractivity contribution in [1.82, 2.24) is 59.3 Å². The topological polar surface area (TPSA) is 236 Å². The average molecular weight is 1250 g/mol. The van der Waals surface area contributed by atoms with Crippen LogP contribution in [0.3, 0.4) is 0 Å². The highest BCUT2D eigenvalue weighted by Gasteiger charge is 2.13. The molecule has 0 aliphatic carbocycles. The minimum atomic E-state index is -2.82. The number of likely N-dealkylation sites (N-methyl/N-ethyl adjacent to an activating group) is 6. The fraction of sp³-hybridized carbons (Fsp3) is 0.333. The second kappa shape index (κ2) is 33.1. The van der Waals surface area contributed by atoms with E-state index in [0.717, 1.165) is 58.1 Å². The number of H-pyrrole nitrogens is 6. The Labute approximate surface area is 566 Å². The summed E-state index contributed by atoms with van der Waals surface area (Å²) < 4.78 is 200. The Bertz CT molecular complexity index is 5070. The van der Waals surface area contributed by atoms with E-state index in [9.17, 15) is 30.6 Å². The Balaban J connectivity index is 0.000000193. The largest absolute Gasteiger partial charge is 0.507 e. The number of rotatable bonds is 18. The van der Waals surface area contributed by atoms with Gasteiger partial charge in [0.1, 0.15) is 34.5 Å². The van der Waals surface area contributed by atoms with Crippen LogP contribution in [0.1, 0.15) is 69.0 Å². The van der Waals surface area contributed by atoms with Gasteiger partial charge in [-0.3, -0.25) is 0 Å². The Morgan fingerprint density at radius 1 is 0.289 bits per heavy atom. The maximum atomic E-state index is 9.93. The zero-order valence-corrected chi connectivity index (χ0v) is 51.3. The van der Waals surface area contributed by atoms with Crippen LogP contribution in [0.15, 0.2) is 146 Å². The number of hydrogen-bond acceptors (Lipinski definition) is 12. The van der Waals surface area contributed by atoms with Gasteiger partial charge in [-0.05, 0) is 229 Å². The molecule has 0 saturated heterocycles. The molecule has 18 heteroatoms. The number of nitrogens with one attached hydrogen (secondary N) is 6. The third-order valence-electron chi connectivity index (χ3n) is 13.5. The summed E-state index contributed by atoms with van der Waals surface area (Å²) in [5.41, 5.74) is 6.49. The van der Waals surface area contributed by atoms with Crippen LogP contribution in [0.2, 0.25) is 0 Å². The summed E-state index contributed by atoms with van der Waals surface area (Å²) in [4.78, 5) is 23.7. The van der Waals surface area contributed by atoms with Gasteiger partial charge in [0.05, 0.1) is 0 Å². The summed E-state index contributed by atoms with van der Waals surface area (Å²) in [5, 5.41) is 62.1. The molecular formula is C72H96N12O6. The number of benzene rings is 6. The van der Waals surface area contributed by atoms with Crippen LogP contribution < -0.4 is 0 Å². The van der Waals surface area contributed by atoms with Crippen molar-refractivity contribution >= 4 is 65.4 Å². The number of aryl methyl sites for hydroxylation is 4. The molecule has 18 nitrogen and oxygen atoms in total. The number of phenols is 6. The standard InChI is InChI=1S/6C12H16N2O/c6*1-14(2)7-6-9-8-13-10-4-3-5-11(15)12(9)10/h6*3-5,8,13,15H,6-7H2,1-2H3/i2*1D3,6D2,7D2;6D2,7D2;7D2;2*1D3. The quantitative estimate of drug-likeness (QED) is 0.0385. The maximum Gasteiger partial charge on any atom is 0.125 e. The van der Waals surface area contributed by atoms with Crippen LogP contribution in [-0.4, -0.2) is 213 Å². The lowest BCUT2D eigenvalue weighted by Gasteiger charge is -2.08. The number of aromatic hydroxyl groups is 6. The number of hydrogen-bond donors (Lipinski definition) is 12. The molecule has 0 bridgehead atoms. The smallest absolute Gasteiger partial charge is 0.125 e. The summed E-state index contributed by atoms with van der Waals surface area (Å²) in [6.45, 7) is -18.2. The van der Waals surface area contributed by atoms with Gasteiger partial charge in [-0.2, -0.15) is 0 Å². The molecule has 0 unspecified atom stereocenters. The van der Waals surface area contributed by atoms with E-state index < -0.39 is 73.0 Å². The monoisotopic (exact) mass is 1250 g/mol. The van der Waals surface area contributed by atoms with Crippen molar-refractivity contribution in [2.24, 2.45) is 0 Å².